The van der Waals surface area contributed by atoms with Gasteiger partial charge in [0.2, 0.25) is 5.91 Å². The van der Waals surface area contributed by atoms with E-state index < -0.39 is 0 Å². The second-order valence-corrected chi connectivity index (χ2v) is 12.6. The molecule has 8 rings (SSSR count). The average Bonchev–Trinajstić information content (AvgIpc) is 3.24. The third-order valence-corrected chi connectivity index (χ3v) is 11.4. The van der Waals surface area contributed by atoms with Crippen molar-refractivity contribution in [2.75, 3.05) is 26.2 Å². The van der Waals surface area contributed by atoms with Crippen LogP contribution >= 0.6 is 0 Å². The Balaban J connectivity index is 1.24. The fraction of sp³-hybridized carbons (Fsp3) is 0.750. The molecule has 176 valence electrons. The smallest absolute Gasteiger partial charge is 0.239 e. The molecule has 1 aromatic carbocycles. The molecule has 5 heteroatoms. The number of fused-ring (bicyclic) bond motifs is 1. The Bertz CT molecular complexity index is 1020. The van der Waals surface area contributed by atoms with Gasteiger partial charge < -0.3 is 15.3 Å². The first-order valence-corrected chi connectivity index (χ1v) is 13.7. The molecule has 5 unspecified atom stereocenters. The van der Waals surface area contributed by atoms with Gasteiger partial charge in [-0.25, -0.2) is 0 Å². The van der Waals surface area contributed by atoms with Gasteiger partial charge in [0.05, 0.1) is 6.04 Å². The molecule has 4 bridgehead atoms. The van der Waals surface area contributed by atoms with Crippen LogP contribution in [-0.2, 0) is 16.6 Å². The van der Waals surface area contributed by atoms with Crippen molar-refractivity contribution in [2.45, 2.75) is 81.3 Å². The first-order chi connectivity index (χ1) is 16.1. The molecular formula is C28H37N3O2. The number of carbonyl (C=O) groups excluding carboxylic acids is 1. The fourth-order valence-corrected chi connectivity index (χ4v) is 10.3. The van der Waals surface area contributed by atoms with Crippen molar-refractivity contribution in [1.29, 1.82) is 0 Å². The molecule has 33 heavy (non-hydrogen) atoms. The van der Waals surface area contributed by atoms with E-state index in [9.17, 15) is 9.90 Å². The van der Waals surface area contributed by atoms with E-state index in [-0.39, 0.29) is 11.5 Å². The van der Waals surface area contributed by atoms with Crippen LogP contribution in [0.2, 0.25) is 0 Å². The number of rotatable bonds is 3. The summed E-state index contributed by atoms with van der Waals surface area (Å²) in [7, 11) is 0. The van der Waals surface area contributed by atoms with Gasteiger partial charge in [-0.2, -0.15) is 0 Å². The Morgan fingerprint density at radius 3 is 2.91 bits per heavy atom. The number of nitrogens with zero attached hydrogens (tertiary/aromatic N) is 2. The lowest BCUT2D eigenvalue weighted by atomic mass is 9.43. The van der Waals surface area contributed by atoms with E-state index in [4.69, 9.17) is 0 Å². The quantitative estimate of drug-likeness (QED) is 0.748. The maximum atomic E-state index is 13.6. The van der Waals surface area contributed by atoms with Crippen LogP contribution in [0.4, 0.5) is 0 Å². The summed E-state index contributed by atoms with van der Waals surface area (Å²) >= 11 is 0. The minimum absolute atomic E-state index is 0.0452. The lowest BCUT2D eigenvalue weighted by Crippen LogP contribution is -2.70. The van der Waals surface area contributed by atoms with Crippen molar-refractivity contribution < 1.29 is 9.90 Å². The van der Waals surface area contributed by atoms with Crippen LogP contribution < -0.4 is 5.32 Å². The molecule has 7 aliphatic rings. The van der Waals surface area contributed by atoms with E-state index in [1.807, 2.05) is 6.07 Å². The lowest BCUT2D eigenvalue weighted by molar-refractivity contribution is -0.141. The second kappa shape index (κ2) is 6.54. The zero-order valence-corrected chi connectivity index (χ0v) is 19.6. The first-order valence-electron chi connectivity index (χ1n) is 13.7. The molecule has 3 aliphatic heterocycles. The summed E-state index contributed by atoms with van der Waals surface area (Å²) in [6.07, 6.45) is 11.1. The third kappa shape index (κ3) is 2.39. The van der Waals surface area contributed by atoms with Crippen molar-refractivity contribution in [3.8, 4) is 5.75 Å². The first kappa shape index (κ1) is 19.7. The van der Waals surface area contributed by atoms with Gasteiger partial charge in [0.15, 0.2) is 0 Å². The third-order valence-electron chi connectivity index (χ3n) is 11.4. The summed E-state index contributed by atoms with van der Waals surface area (Å²) < 4.78 is 0. The molecule has 0 spiro atoms. The highest BCUT2D eigenvalue weighted by Gasteiger charge is 2.76. The average molecular weight is 448 g/mol. The number of phenolic OH excluding ortho intramolecular Hbond substituents is 1. The molecule has 3 heterocycles. The van der Waals surface area contributed by atoms with Gasteiger partial charge in [-0.1, -0.05) is 6.07 Å². The number of nitrogens with one attached hydrogen (secondary N) is 1. The summed E-state index contributed by atoms with van der Waals surface area (Å²) in [5, 5.41) is 14.1. The Labute approximate surface area is 196 Å². The Kier molecular flexibility index (Phi) is 3.90. The molecule has 2 N–H and O–H groups in total. The summed E-state index contributed by atoms with van der Waals surface area (Å²) in [5.41, 5.74) is 3.44. The number of benzene rings is 1. The van der Waals surface area contributed by atoms with Crippen LogP contribution in [0, 0.1) is 23.2 Å². The van der Waals surface area contributed by atoms with Crippen molar-refractivity contribution >= 4 is 5.91 Å². The number of hydrogen-bond donors (Lipinski definition) is 2. The highest BCUT2D eigenvalue weighted by atomic mass is 16.3. The normalized spacial score (nSPS) is 45.2. The Morgan fingerprint density at radius 1 is 1.18 bits per heavy atom. The fourth-order valence-electron chi connectivity index (χ4n) is 10.3. The molecule has 5 nitrogen and oxygen atoms in total. The summed E-state index contributed by atoms with van der Waals surface area (Å²) in [6.45, 7) is 4.46. The standard InChI is InChI=1S/C28H37N3O2/c32-20-6-5-18-12-24-27-8-7-23-25(19(14-27)16-31(23)26(33)22-2-1-10-29-22)28(27,21(18)13-20)9-11-30(24)15-17-3-4-17/h5-6,13,17,19,22-25,29,32H,1-4,7-12,14-16H2/t19-,22-,23?,24?,25?,27?,28?/m1/s1. The monoisotopic (exact) mass is 447 g/mol. The van der Waals surface area contributed by atoms with Gasteiger partial charge in [-0.15, -0.1) is 0 Å². The van der Waals surface area contributed by atoms with Crippen LogP contribution in [0.1, 0.15) is 62.5 Å². The van der Waals surface area contributed by atoms with Crippen molar-refractivity contribution in [1.82, 2.24) is 15.1 Å². The van der Waals surface area contributed by atoms with E-state index >= 15 is 0 Å². The van der Waals surface area contributed by atoms with Gasteiger partial charge in [0, 0.05) is 30.6 Å². The predicted molar refractivity (Wildman–Crippen MR) is 126 cm³/mol. The topological polar surface area (TPSA) is 55.8 Å². The summed E-state index contributed by atoms with van der Waals surface area (Å²) in [6, 6.07) is 7.37. The predicted octanol–water partition coefficient (Wildman–Crippen LogP) is 3.05. The van der Waals surface area contributed by atoms with Crippen molar-refractivity contribution in [3.05, 3.63) is 29.3 Å². The summed E-state index contributed by atoms with van der Waals surface area (Å²) in [5.74, 6) is 2.94. The molecule has 3 saturated heterocycles. The highest BCUT2D eigenvalue weighted by molar-refractivity contribution is 5.83. The SMILES string of the molecule is O=C([C@H]1CCCN1)N1C[C@H]2CC34CCC1C2C31CCN(CC2CC2)C4Cc2ccc(O)cc21. The van der Waals surface area contributed by atoms with Crippen molar-refractivity contribution in [3.63, 3.8) is 0 Å². The minimum atomic E-state index is 0.0452. The van der Waals surface area contributed by atoms with Gasteiger partial charge in [0.25, 0.3) is 0 Å². The molecule has 1 amide bonds. The molecular weight excluding hydrogens is 410 g/mol. The minimum Gasteiger partial charge on any atom is -0.508 e. The van der Waals surface area contributed by atoms with E-state index in [0.29, 0.717) is 41.0 Å². The van der Waals surface area contributed by atoms with Gasteiger partial charge in [-0.3, -0.25) is 9.69 Å². The van der Waals surface area contributed by atoms with Gasteiger partial charge in [0.1, 0.15) is 5.75 Å². The van der Waals surface area contributed by atoms with Crippen LogP contribution in [-0.4, -0.2) is 65.1 Å². The molecule has 4 aliphatic carbocycles. The zero-order chi connectivity index (χ0) is 21.9. The maximum Gasteiger partial charge on any atom is 0.239 e. The van der Waals surface area contributed by atoms with E-state index in [0.717, 1.165) is 38.3 Å². The molecule has 3 saturated carbocycles. The van der Waals surface area contributed by atoms with Crippen LogP contribution in [0.5, 0.6) is 5.75 Å². The number of aromatic hydroxyl groups is 1. The number of amides is 1. The number of likely N-dealkylation sites (tertiary alicyclic amines) is 2. The van der Waals surface area contributed by atoms with Gasteiger partial charge in [-0.05, 0) is 117 Å². The number of hydrogen-bond acceptors (Lipinski definition) is 4. The van der Waals surface area contributed by atoms with Crippen LogP contribution in [0.15, 0.2) is 18.2 Å². The van der Waals surface area contributed by atoms with E-state index in [1.165, 1.54) is 62.7 Å². The molecule has 7 atom stereocenters. The second-order valence-electron chi connectivity index (χ2n) is 12.6. The zero-order valence-electron chi connectivity index (χ0n) is 19.6. The van der Waals surface area contributed by atoms with Crippen LogP contribution in [0.25, 0.3) is 0 Å². The summed E-state index contributed by atoms with van der Waals surface area (Å²) in [4.78, 5) is 18.8. The molecule has 1 aromatic rings. The largest absolute Gasteiger partial charge is 0.508 e. The van der Waals surface area contributed by atoms with E-state index in [1.54, 1.807) is 0 Å². The Morgan fingerprint density at radius 2 is 2.09 bits per heavy atom. The number of phenols is 1. The number of piperidine rings is 1. The van der Waals surface area contributed by atoms with E-state index in [2.05, 4.69) is 27.2 Å². The maximum absolute atomic E-state index is 13.6. The van der Waals surface area contributed by atoms with Gasteiger partial charge >= 0.3 is 0 Å². The molecule has 0 radical (unpaired) electrons. The number of carbonyl (C=O) groups is 1. The lowest BCUT2D eigenvalue weighted by Gasteiger charge is -2.66. The highest BCUT2D eigenvalue weighted by Crippen LogP contribution is 2.75. The molecule has 0 aromatic heterocycles. The molecule has 6 fully saturated rings. The Hall–Kier alpha value is -1.59. The van der Waals surface area contributed by atoms with Crippen molar-refractivity contribution in [2.24, 2.45) is 23.2 Å². The van der Waals surface area contributed by atoms with Crippen LogP contribution in [0.3, 0.4) is 0 Å².